The zero-order valence-electron chi connectivity index (χ0n) is 12.6. The molecule has 1 amide bonds. The fourth-order valence-corrected chi connectivity index (χ4v) is 2.97. The number of amides is 1. The smallest absolute Gasteiger partial charge is 0.410 e. The predicted octanol–water partition coefficient (Wildman–Crippen LogP) is 2.63. The maximum absolute atomic E-state index is 12.2. The molecule has 2 atom stereocenters. The van der Waals surface area contributed by atoms with Crippen molar-refractivity contribution in [1.82, 2.24) is 4.90 Å². The van der Waals surface area contributed by atoms with Gasteiger partial charge in [-0.3, -0.25) is 0 Å². The first kappa shape index (κ1) is 14.2. The first-order chi connectivity index (χ1) is 9.83. The highest BCUT2D eigenvalue weighted by atomic mass is 16.6. The van der Waals surface area contributed by atoms with Gasteiger partial charge in [-0.15, -0.1) is 0 Å². The Labute approximate surface area is 124 Å². The summed E-state index contributed by atoms with van der Waals surface area (Å²) < 4.78 is 11.3. The van der Waals surface area contributed by atoms with Crippen LogP contribution in [0.5, 0.6) is 5.75 Å². The fraction of sp³-hybridized carbons (Fsp3) is 0.562. The van der Waals surface area contributed by atoms with Crippen LogP contribution in [0.25, 0.3) is 0 Å². The van der Waals surface area contributed by atoms with Crippen molar-refractivity contribution in [2.45, 2.75) is 45.0 Å². The van der Waals surface area contributed by atoms with Crippen LogP contribution in [-0.4, -0.2) is 40.9 Å². The highest BCUT2D eigenvalue weighted by molar-refractivity contribution is 5.69. The Morgan fingerprint density at radius 2 is 2.14 bits per heavy atom. The van der Waals surface area contributed by atoms with E-state index in [0.717, 1.165) is 11.1 Å². The van der Waals surface area contributed by atoms with Crippen molar-refractivity contribution in [2.75, 3.05) is 13.1 Å². The van der Waals surface area contributed by atoms with Gasteiger partial charge in [0.25, 0.3) is 0 Å². The molecule has 0 spiro atoms. The monoisotopic (exact) mass is 291 g/mol. The van der Waals surface area contributed by atoms with E-state index in [-0.39, 0.29) is 23.9 Å². The number of hydrogen-bond acceptors (Lipinski definition) is 4. The number of rotatable bonds is 0. The molecule has 1 aromatic rings. The second-order valence-electron chi connectivity index (χ2n) is 6.72. The van der Waals surface area contributed by atoms with Crippen molar-refractivity contribution < 1.29 is 19.4 Å². The average Bonchev–Trinajstić information content (AvgIpc) is 2.81. The quantitative estimate of drug-likeness (QED) is 0.798. The van der Waals surface area contributed by atoms with Crippen LogP contribution in [0.1, 0.15) is 37.8 Å². The number of phenols is 1. The molecular formula is C16H21NO4. The molecule has 1 fully saturated rings. The van der Waals surface area contributed by atoms with Gasteiger partial charge in [-0.2, -0.15) is 0 Å². The van der Waals surface area contributed by atoms with E-state index in [0.29, 0.717) is 19.7 Å². The topological polar surface area (TPSA) is 59.0 Å². The van der Waals surface area contributed by atoms with Crippen LogP contribution in [0, 0.1) is 0 Å². The molecule has 1 aromatic carbocycles. The molecule has 114 valence electrons. The minimum absolute atomic E-state index is 0.0215. The molecule has 1 N–H and O–H groups in total. The normalized spacial score (nSPS) is 24.4. The third kappa shape index (κ3) is 2.83. The summed E-state index contributed by atoms with van der Waals surface area (Å²) in [6.07, 6.45) is -0.325. The SMILES string of the molecule is CC(C)(C)OC(=O)N1CC2OCc3ccc(O)cc3C2C1. The van der Waals surface area contributed by atoms with E-state index in [2.05, 4.69) is 0 Å². The van der Waals surface area contributed by atoms with Crippen LogP contribution in [0.15, 0.2) is 18.2 Å². The molecule has 3 rings (SSSR count). The van der Waals surface area contributed by atoms with E-state index in [1.165, 1.54) is 0 Å². The van der Waals surface area contributed by atoms with Gasteiger partial charge in [-0.05, 0) is 44.0 Å². The van der Waals surface area contributed by atoms with Crippen LogP contribution in [-0.2, 0) is 16.1 Å². The van der Waals surface area contributed by atoms with Crippen LogP contribution < -0.4 is 0 Å². The molecule has 5 nitrogen and oxygen atoms in total. The lowest BCUT2D eigenvalue weighted by Crippen LogP contribution is -2.36. The number of likely N-dealkylation sites (tertiary alicyclic amines) is 1. The Morgan fingerprint density at radius 1 is 1.38 bits per heavy atom. The molecule has 2 aliphatic heterocycles. The van der Waals surface area contributed by atoms with E-state index in [1.807, 2.05) is 26.8 Å². The van der Waals surface area contributed by atoms with Gasteiger partial charge in [0.15, 0.2) is 0 Å². The summed E-state index contributed by atoms with van der Waals surface area (Å²) in [4.78, 5) is 13.9. The molecule has 0 aromatic heterocycles. The minimum atomic E-state index is -0.498. The Morgan fingerprint density at radius 3 is 2.86 bits per heavy atom. The third-order valence-electron chi connectivity index (χ3n) is 3.90. The fourth-order valence-electron chi connectivity index (χ4n) is 2.97. The number of nitrogens with zero attached hydrogens (tertiary/aromatic N) is 1. The van der Waals surface area contributed by atoms with Crippen molar-refractivity contribution in [2.24, 2.45) is 0 Å². The number of aromatic hydroxyl groups is 1. The number of carbonyl (C=O) groups is 1. The zero-order chi connectivity index (χ0) is 15.2. The summed E-state index contributed by atoms with van der Waals surface area (Å²) in [5.41, 5.74) is 1.67. The highest BCUT2D eigenvalue weighted by Crippen LogP contribution is 2.38. The maximum Gasteiger partial charge on any atom is 0.410 e. The number of fused-ring (bicyclic) bond motifs is 3. The van der Waals surface area contributed by atoms with Gasteiger partial charge in [0.2, 0.25) is 0 Å². The number of hydrogen-bond donors (Lipinski definition) is 1. The Hall–Kier alpha value is -1.75. The number of carbonyl (C=O) groups excluding carboxylic acids is 1. The van der Waals surface area contributed by atoms with Crippen LogP contribution >= 0.6 is 0 Å². The summed E-state index contributed by atoms with van der Waals surface area (Å²) >= 11 is 0. The van der Waals surface area contributed by atoms with Gasteiger partial charge in [0.05, 0.1) is 19.3 Å². The summed E-state index contributed by atoms with van der Waals surface area (Å²) in [6, 6.07) is 5.34. The third-order valence-corrected chi connectivity index (χ3v) is 3.90. The standard InChI is InChI=1S/C16H21NO4/c1-16(2,3)21-15(19)17-7-13-12-6-11(18)5-4-10(12)9-20-14(13)8-17/h4-6,13-14,18H,7-9H2,1-3H3. The summed E-state index contributed by atoms with van der Waals surface area (Å²) in [5, 5.41) is 9.69. The molecule has 2 heterocycles. The van der Waals surface area contributed by atoms with E-state index in [1.54, 1.807) is 17.0 Å². The second-order valence-corrected chi connectivity index (χ2v) is 6.72. The molecule has 2 unspecified atom stereocenters. The lowest BCUT2D eigenvalue weighted by atomic mass is 9.89. The number of ether oxygens (including phenoxy) is 2. The van der Waals surface area contributed by atoms with Crippen molar-refractivity contribution >= 4 is 6.09 Å². The van der Waals surface area contributed by atoms with Gasteiger partial charge in [0.1, 0.15) is 11.4 Å². The van der Waals surface area contributed by atoms with Gasteiger partial charge in [-0.1, -0.05) is 6.07 Å². The van der Waals surface area contributed by atoms with E-state index in [4.69, 9.17) is 9.47 Å². The Balaban J connectivity index is 1.78. The first-order valence-corrected chi connectivity index (χ1v) is 7.25. The van der Waals surface area contributed by atoms with E-state index < -0.39 is 5.60 Å². The molecular weight excluding hydrogens is 270 g/mol. The van der Waals surface area contributed by atoms with Crippen LogP contribution in [0.4, 0.5) is 4.79 Å². The lowest BCUT2D eigenvalue weighted by molar-refractivity contribution is 0.0126. The minimum Gasteiger partial charge on any atom is -0.508 e. The molecule has 0 radical (unpaired) electrons. The molecule has 1 saturated heterocycles. The van der Waals surface area contributed by atoms with Crippen LogP contribution in [0.2, 0.25) is 0 Å². The second kappa shape index (κ2) is 4.91. The van der Waals surface area contributed by atoms with Crippen molar-refractivity contribution in [3.05, 3.63) is 29.3 Å². The van der Waals surface area contributed by atoms with Gasteiger partial charge < -0.3 is 19.5 Å². The molecule has 5 heteroatoms. The Bertz CT molecular complexity index is 564. The average molecular weight is 291 g/mol. The number of benzene rings is 1. The van der Waals surface area contributed by atoms with Gasteiger partial charge in [0, 0.05) is 12.5 Å². The molecule has 0 aliphatic carbocycles. The summed E-state index contributed by atoms with van der Waals surface area (Å²) in [5.74, 6) is 0.360. The van der Waals surface area contributed by atoms with Gasteiger partial charge >= 0.3 is 6.09 Å². The zero-order valence-corrected chi connectivity index (χ0v) is 12.6. The van der Waals surface area contributed by atoms with Crippen molar-refractivity contribution in [3.63, 3.8) is 0 Å². The molecule has 0 saturated carbocycles. The lowest BCUT2D eigenvalue weighted by Gasteiger charge is -2.27. The van der Waals surface area contributed by atoms with Gasteiger partial charge in [-0.25, -0.2) is 4.79 Å². The first-order valence-electron chi connectivity index (χ1n) is 7.25. The predicted molar refractivity (Wildman–Crippen MR) is 77.2 cm³/mol. The summed E-state index contributed by atoms with van der Waals surface area (Å²) in [6.45, 7) is 7.21. The Kier molecular flexibility index (Phi) is 3.32. The van der Waals surface area contributed by atoms with Crippen LogP contribution in [0.3, 0.4) is 0 Å². The largest absolute Gasteiger partial charge is 0.508 e. The molecule has 21 heavy (non-hydrogen) atoms. The van der Waals surface area contributed by atoms with E-state index in [9.17, 15) is 9.90 Å². The van der Waals surface area contributed by atoms with E-state index >= 15 is 0 Å². The molecule has 0 bridgehead atoms. The maximum atomic E-state index is 12.2. The summed E-state index contributed by atoms with van der Waals surface area (Å²) in [7, 11) is 0. The van der Waals surface area contributed by atoms with Crippen molar-refractivity contribution in [1.29, 1.82) is 0 Å². The highest BCUT2D eigenvalue weighted by Gasteiger charge is 2.41. The molecule has 2 aliphatic rings. The number of phenolic OH excluding ortho intramolecular Hbond substituents is 1. The van der Waals surface area contributed by atoms with Crippen molar-refractivity contribution in [3.8, 4) is 5.75 Å².